The van der Waals surface area contributed by atoms with Crippen molar-refractivity contribution in [3.05, 3.63) is 11.8 Å². The van der Waals surface area contributed by atoms with Crippen LogP contribution >= 0.6 is 12.4 Å². The summed E-state index contributed by atoms with van der Waals surface area (Å²) in [5.74, 6) is 2.10. The maximum absolute atomic E-state index is 11.9. The zero-order valence-corrected chi connectivity index (χ0v) is 15.6. The van der Waals surface area contributed by atoms with Crippen LogP contribution in [0, 0.1) is 17.8 Å². The number of aromatic nitrogens is 2. The smallest absolute Gasteiger partial charge is 0.244 e. The van der Waals surface area contributed by atoms with E-state index in [-0.39, 0.29) is 36.7 Å². The lowest BCUT2D eigenvalue weighted by atomic mass is 9.86. The summed E-state index contributed by atoms with van der Waals surface area (Å²) >= 11 is 0. The van der Waals surface area contributed by atoms with E-state index in [1.807, 2.05) is 19.9 Å². The molecule has 3 rings (SSSR count). The first-order valence-electron chi connectivity index (χ1n) is 8.82. The highest BCUT2D eigenvalue weighted by Gasteiger charge is 2.40. The molecule has 0 saturated heterocycles. The average Bonchev–Trinajstić information content (AvgIpc) is 3.27. The second kappa shape index (κ2) is 8.19. The molecule has 2 amide bonds. The second-order valence-corrected chi connectivity index (χ2v) is 7.53. The van der Waals surface area contributed by atoms with Crippen molar-refractivity contribution in [1.29, 1.82) is 0 Å². The van der Waals surface area contributed by atoms with Crippen molar-refractivity contribution >= 4 is 30.0 Å². The van der Waals surface area contributed by atoms with Crippen molar-refractivity contribution < 1.29 is 9.59 Å². The fourth-order valence-electron chi connectivity index (χ4n) is 3.99. The molecular formula is C17H28ClN5O2. The first-order valence-corrected chi connectivity index (χ1v) is 8.82. The Morgan fingerprint density at radius 3 is 2.72 bits per heavy atom. The van der Waals surface area contributed by atoms with Gasteiger partial charge in [-0.3, -0.25) is 14.7 Å². The monoisotopic (exact) mass is 369 g/mol. The topological polar surface area (TPSA) is 113 Å². The van der Waals surface area contributed by atoms with Crippen LogP contribution in [0.4, 0.5) is 5.82 Å². The van der Waals surface area contributed by atoms with Crippen LogP contribution in [-0.2, 0) is 9.59 Å². The minimum atomic E-state index is -0.604. The highest BCUT2D eigenvalue weighted by atomic mass is 35.5. The molecule has 2 aliphatic rings. The van der Waals surface area contributed by atoms with E-state index in [1.165, 1.54) is 25.7 Å². The molecule has 0 radical (unpaired) electrons. The molecule has 8 heteroatoms. The summed E-state index contributed by atoms with van der Waals surface area (Å²) in [6.07, 6.45) is 5.21. The van der Waals surface area contributed by atoms with Crippen LogP contribution < -0.4 is 16.4 Å². The zero-order valence-electron chi connectivity index (χ0n) is 14.7. The van der Waals surface area contributed by atoms with E-state index in [9.17, 15) is 9.59 Å². The van der Waals surface area contributed by atoms with E-state index in [0.29, 0.717) is 11.7 Å². The van der Waals surface area contributed by atoms with Gasteiger partial charge < -0.3 is 16.4 Å². The lowest BCUT2D eigenvalue weighted by molar-refractivity contribution is -0.125. The van der Waals surface area contributed by atoms with Crippen LogP contribution in [0.2, 0.25) is 0 Å². The summed E-state index contributed by atoms with van der Waals surface area (Å²) in [7, 11) is 0. The summed E-state index contributed by atoms with van der Waals surface area (Å²) in [5.41, 5.74) is 6.85. The Labute approximate surface area is 154 Å². The predicted molar refractivity (Wildman–Crippen MR) is 98.5 cm³/mol. The Hall–Kier alpha value is -1.60. The summed E-state index contributed by atoms with van der Waals surface area (Å²) in [4.78, 5) is 23.7. The number of aromatic amines is 1. The Balaban J connectivity index is 0.00000225. The van der Waals surface area contributed by atoms with E-state index in [0.717, 1.165) is 17.5 Å². The van der Waals surface area contributed by atoms with E-state index < -0.39 is 6.04 Å². The summed E-state index contributed by atoms with van der Waals surface area (Å²) in [6, 6.07) is 1.32. The van der Waals surface area contributed by atoms with Crippen molar-refractivity contribution in [2.24, 2.45) is 23.5 Å². The third kappa shape index (κ3) is 4.52. The van der Waals surface area contributed by atoms with Gasteiger partial charge in [-0.25, -0.2) is 0 Å². The summed E-state index contributed by atoms with van der Waals surface area (Å²) < 4.78 is 0. The molecule has 2 saturated carbocycles. The number of carbonyl (C=O) groups excluding carboxylic acids is 2. The van der Waals surface area contributed by atoms with E-state index in [1.54, 1.807) is 0 Å². The molecule has 0 spiro atoms. The number of nitrogens with zero attached hydrogens (tertiary/aromatic N) is 1. The van der Waals surface area contributed by atoms with Crippen LogP contribution in [0.3, 0.4) is 0 Å². The molecule has 2 aliphatic carbocycles. The number of nitrogens with one attached hydrogen (secondary N) is 3. The number of carbonyl (C=O) groups is 2. The van der Waals surface area contributed by atoms with Crippen LogP contribution in [-0.4, -0.2) is 34.6 Å². The van der Waals surface area contributed by atoms with Crippen molar-refractivity contribution in [2.45, 2.75) is 51.5 Å². The molecule has 3 unspecified atom stereocenters. The Morgan fingerprint density at radius 1 is 1.36 bits per heavy atom. The quantitative estimate of drug-likeness (QED) is 0.612. The third-order valence-corrected chi connectivity index (χ3v) is 5.45. The zero-order chi connectivity index (χ0) is 17.3. The van der Waals surface area contributed by atoms with E-state index in [4.69, 9.17) is 5.73 Å². The fraction of sp³-hybridized carbons (Fsp3) is 0.706. The number of nitrogens with two attached hydrogens (primary N) is 1. The number of rotatable bonds is 6. The average molecular weight is 370 g/mol. The maximum Gasteiger partial charge on any atom is 0.244 e. The molecular weight excluding hydrogens is 342 g/mol. The molecule has 1 aromatic heterocycles. The van der Waals surface area contributed by atoms with Gasteiger partial charge in [0.2, 0.25) is 11.8 Å². The van der Waals surface area contributed by atoms with Crippen LogP contribution in [0.1, 0.15) is 51.1 Å². The molecule has 2 bridgehead atoms. The largest absolute Gasteiger partial charge is 0.346 e. The third-order valence-electron chi connectivity index (χ3n) is 5.45. The normalized spacial score (nSPS) is 25.5. The van der Waals surface area contributed by atoms with Gasteiger partial charge in [0.05, 0.1) is 12.6 Å². The minimum Gasteiger partial charge on any atom is -0.346 e. The number of fused-ring (bicyclic) bond motifs is 2. The second-order valence-electron chi connectivity index (χ2n) is 7.53. The van der Waals surface area contributed by atoms with Crippen molar-refractivity contribution in [2.75, 3.05) is 11.9 Å². The van der Waals surface area contributed by atoms with E-state index in [2.05, 4.69) is 20.8 Å². The standard InChI is InChI=1S/C17H27N5O2.ClH/c1-9(2)16(18)17(24)19-8-15(23)20-14-7-13(21-22-14)12-6-10-3-4-11(12)5-10;/h7,9-12,16H,3-6,8,18H2,1-2H3,(H,19,24)(H2,20,21,22,23);1H/t10?,11?,12?,16-;/m0./s1. The molecule has 1 aromatic rings. The van der Waals surface area contributed by atoms with Crippen molar-refractivity contribution in [3.63, 3.8) is 0 Å². The molecule has 140 valence electrons. The van der Waals surface area contributed by atoms with Crippen molar-refractivity contribution in [1.82, 2.24) is 15.5 Å². The van der Waals surface area contributed by atoms with Crippen LogP contribution in [0.25, 0.3) is 0 Å². The first-order chi connectivity index (χ1) is 11.4. The van der Waals surface area contributed by atoms with Gasteiger partial charge in [0.1, 0.15) is 0 Å². The Kier molecular flexibility index (Phi) is 6.46. The highest BCUT2D eigenvalue weighted by Crippen LogP contribution is 2.52. The van der Waals surface area contributed by atoms with Gasteiger partial charge in [0, 0.05) is 17.7 Å². The Bertz CT molecular complexity index is 618. The fourth-order valence-corrected chi connectivity index (χ4v) is 3.99. The molecule has 1 heterocycles. The molecule has 25 heavy (non-hydrogen) atoms. The predicted octanol–water partition coefficient (Wildman–Crippen LogP) is 1.77. The number of hydrogen-bond donors (Lipinski definition) is 4. The number of halogens is 1. The van der Waals surface area contributed by atoms with Gasteiger partial charge in [0.25, 0.3) is 0 Å². The van der Waals surface area contributed by atoms with Gasteiger partial charge in [-0.05, 0) is 37.0 Å². The minimum absolute atomic E-state index is 0. The highest BCUT2D eigenvalue weighted by molar-refractivity contribution is 5.94. The Morgan fingerprint density at radius 2 is 2.12 bits per heavy atom. The number of amides is 2. The molecule has 4 atom stereocenters. The molecule has 7 nitrogen and oxygen atoms in total. The summed E-state index contributed by atoms with van der Waals surface area (Å²) in [6.45, 7) is 3.63. The lowest BCUT2D eigenvalue weighted by Crippen LogP contribution is -2.46. The first kappa shape index (κ1) is 19.7. The molecule has 5 N–H and O–H groups in total. The SMILES string of the molecule is CC(C)[C@H](N)C(=O)NCC(=O)Nc1cc(C2CC3CCC2C3)[nH]n1.Cl. The van der Waals surface area contributed by atoms with Gasteiger partial charge >= 0.3 is 0 Å². The maximum atomic E-state index is 11.9. The van der Waals surface area contributed by atoms with Gasteiger partial charge in [-0.15, -0.1) is 12.4 Å². The molecule has 2 fully saturated rings. The van der Waals surface area contributed by atoms with Gasteiger partial charge in [-0.1, -0.05) is 20.3 Å². The number of hydrogen-bond acceptors (Lipinski definition) is 4. The van der Waals surface area contributed by atoms with Crippen LogP contribution in [0.15, 0.2) is 6.07 Å². The molecule has 0 aliphatic heterocycles. The molecule has 0 aromatic carbocycles. The van der Waals surface area contributed by atoms with Gasteiger partial charge in [0.15, 0.2) is 5.82 Å². The number of H-pyrrole nitrogens is 1. The van der Waals surface area contributed by atoms with Crippen LogP contribution in [0.5, 0.6) is 0 Å². The van der Waals surface area contributed by atoms with E-state index >= 15 is 0 Å². The van der Waals surface area contributed by atoms with Gasteiger partial charge in [-0.2, -0.15) is 5.10 Å². The summed E-state index contributed by atoms with van der Waals surface area (Å²) in [5, 5.41) is 12.5. The number of anilines is 1. The lowest BCUT2D eigenvalue weighted by Gasteiger charge is -2.19. The van der Waals surface area contributed by atoms with Crippen molar-refractivity contribution in [3.8, 4) is 0 Å².